The number of fused-ring (bicyclic) bond motifs is 1. The number of anilines is 1. The highest BCUT2D eigenvalue weighted by molar-refractivity contribution is 6.30. The summed E-state index contributed by atoms with van der Waals surface area (Å²) >= 11 is 6.07. The molecule has 4 rings (SSSR count). The van der Waals surface area contributed by atoms with Crippen molar-refractivity contribution in [3.8, 4) is 16.9 Å². The van der Waals surface area contributed by atoms with E-state index in [1.165, 1.54) is 29.5 Å². The Morgan fingerprint density at radius 1 is 1.04 bits per heavy atom. The van der Waals surface area contributed by atoms with Crippen LogP contribution in [0.2, 0.25) is 5.02 Å². The topological polar surface area (TPSA) is 29.9 Å². The van der Waals surface area contributed by atoms with Crippen LogP contribution in [0.4, 0.5) is 5.82 Å². The number of aryl methyl sites for hydroxylation is 2. The zero-order valence-electron chi connectivity index (χ0n) is 14.6. The predicted molar refractivity (Wildman–Crippen MR) is 105 cm³/mol. The third-order valence-corrected chi connectivity index (χ3v) is 5.09. The SMILES string of the molecule is Cc1ccc(C)c(-n2nc(-c3ccc(Cl)cc3)c3c2NCCCC3)c1. The van der Waals surface area contributed by atoms with Crippen LogP contribution in [0.5, 0.6) is 0 Å². The summed E-state index contributed by atoms with van der Waals surface area (Å²) in [5, 5.41) is 9.38. The number of hydrogen-bond acceptors (Lipinski definition) is 2. The molecule has 0 atom stereocenters. The lowest BCUT2D eigenvalue weighted by Crippen LogP contribution is -2.08. The molecule has 0 spiro atoms. The van der Waals surface area contributed by atoms with E-state index in [1.807, 2.05) is 12.1 Å². The summed E-state index contributed by atoms with van der Waals surface area (Å²) in [4.78, 5) is 0. The zero-order valence-corrected chi connectivity index (χ0v) is 15.4. The largest absolute Gasteiger partial charge is 0.370 e. The summed E-state index contributed by atoms with van der Waals surface area (Å²) in [6.07, 6.45) is 3.41. The first-order valence-electron chi connectivity index (χ1n) is 8.83. The van der Waals surface area contributed by atoms with Gasteiger partial charge in [0, 0.05) is 22.7 Å². The first-order valence-corrected chi connectivity index (χ1v) is 9.20. The molecule has 0 saturated carbocycles. The molecule has 1 aromatic heterocycles. The molecule has 2 aromatic carbocycles. The first-order chi connectivity index (χ1) is 12.1. The number of nitrogens with zero attached hydrogens (tertiary/aromatic N) is 2. The maximum atomic E-state index is 6.07. The van der Waals surface area contributed by atoms with E-state index >= 15 is 0 Å². The van der Waals surface area contributed by atoms with Gasteiger partial charge in [-0.3, -0.25) is 0 Å². The number of hydrogen-bond donors (Lipinski definition) is 1. The second-order valence-corrected chi connectivity index (χ2v) is 7.20. The van der Waals surface area contributed by atoms with E-state index in [-0.39, 0.29) is 0 Å². The molecule has 0 bridgehead atoms. The summed E-state index contributed by atoms with van der Waals surface area (Å²) in [7, 11) is 0. The van der Waals surface area contributed by atoms with Crippen molar-refractivity contribution in [3.05, 3.63) is 64.2 Å². The quantitative estimate of drug-likeness (QED) is 0.655. The Hall–Kier alpha value is -2.26. The third kappa shape index (κ3) is 3.05. The van der Waals surface area contributed by atoms with Gasteiger partial charge in [0.15, 0.2) is 0 Å². The fraction of sp³-hybridized carbons (Fsp3) is 0.286. The van der Waals surface area contributed by atoms with Crippen LogP contribution in [-0.4, -0.2) is 16.3 Å². The van der Waals surface area contributed by atoms with Gasteiger partial charge in [0.05, 0.1) is 11.4 Å². The van der Waals surface area contributed by atoms with Crippen LogP contribution in [0.15, 0.2) is 42.5 Å². The third-order valence-electron chi connectivity index (χ3n) is 4.84. The van der Waals surface area contributed by atoms with E-state index < -0.39 is 0 Å². The molecule has 128 valence electrons. The molecule has 1 aliphatic heterocycles. The Labute approximate surface area is 153 Å². The van der Waals surface area contributed by atoms with Crippen molar-refractivity contribution < 1.29 is 0 Å². The highest BCUT2D eigenvalue weighted by Gasteiger charge is 2.22. The molecular formula is C21H22ClN3. The van der Waals surface area contributed by atoms with Gasteiger partial charge in [0.1, 0.15) is 5.82 Å². The lowest BCUT2D eigenvalue weighted by Gasteiger charge is -2.12. The Morgan fingerprint density at radius 3 is 2.64 bits per heavy atom. The first kappa shape index (κ1) is 16.2. The Morgan fingerprint density at radius 2 is 1.84 bits per heavy atom. The molecule has 0 fully saturated rings. The molecular weight excluding hydrogens is 330 g/mol. The Kier molecular flexibility index (Phi) is 4.26. The highest BCUT2D eigenvalue weighted by Crippen LogP contribution is 2.35. The van der Waals surface area contributed by atoms with Gasteiger partial charge < -0.3 is 5.32 Å². The van der Waals surface area contributed by atoms with Crippen LogP contribution in [0.1, 0.15) is 29.5 Å². The summed E-state index contributed by atoms with van der Waals surface area (Å²) in [5.74, 6) is 1.14. The maximum absolute atomic E-state index is 6.07. The molecule has 1 N–H and O–H groups in total. The predicted octanol–water partition coefficient (Wildman–Crippen LogP) is 5.56. The minimum absolute atomic E-state index is 0.752. The van der Waals surface area contributed by atoms with Crippen molar-refractivity contribution >= 4 is 17.4 Å². The number of benzene rings is 2. The van der Waals surface area contributed by atoms with Crippen molar-refractivity contribution in [1.82, 2.24) is 9.78 Å². The van der Waals surface area contributed by atoms with Crippen molar-refractivity contribution in [1.29, 1.82) is 0 Å². The van der Waals surface area contributed by atoms with Crippen molar-refractivity contribution in [3.63, 3.8) is 0 Å². The molecule has 2 heterocycles. The second-order valence-electron chi connectivity index (χ2n) is 6.77. The van der Waals surface area contributed by atoms with E-state index in [1.54, 1.807) is 0 Å². The summed E-state index contributed by atoms with van der Waals surface area (Å²) in [6, 6.07) is 14.5. The smallest absolute Gasteiger partial charge is 0.133 e. The van der Waals surface area contributed by atoms with Crippen LogP contribution in [0.3, 0.4) is 0 Å². The number of aromatic nitrogens is 2. The van der Waals surface area contributed by atoms with Crippen LogP contribution in [0.25, 0.3) is 16.9 Å². The van der Waals surface area contributed by atoms with E-state index in [2.05, 4.69) is 54.2 Å². The molecule has 25 heavy (non-hydrogen) atoms. The zero-order chi connectivity index (χ0) is 17.4. The maximum Gasteiger partial charge on any atom is 0.133 e. The molecule has 0 saturated heterocycles. The molecule has 0 amide bonds. The van der Waals surface area contributed by atoms with E-state index in [0.29, 0.717) is 0 Å². The highest BCUT2D eigenvalue weighted by atomic mass is 35.5. The summed E-state index contributed by atoms with van der Waals surface area (Å²) < 4.78 is 2.09. The number of halogens is 1. The van der Waals surface area contributed by atoms with E-state index in [4.69, 9.17) is 16.7 Å². The van der Waals surface area contributed by atoms with Crippen LogP contribution < -0.4 is 5.32 Å². The van der Waals surface area contributed by atoms with Crippen LogP contribution in [-0.2, 0) is 6.42 Å². The van der Waals surface area contributed by atoms with Gasteiger partial charge in [-0.25, -0.2) is 4.68 Å². The average Bonchev–Trinajstić information content (AvgIpc) is 2.79. The molecule has 0 aliphatic carbocycles. The normalized spacial score (nSPS) is 13.9. The minimum atomic E-state index is 0.752. The van der Waals surface area contributed by atoms with Crippen LogP contribution in [0, 0.1) is 13.8 Å². The lowest BCUT2D eigenvalue weighted by atomic mass is 10.0. The Bertz CT molecular complexity index is 910. The fourth-order valence-electron chi connectivity index (χ4n) is 3.46. The molecule has 3 aromatic rings. The van der Waals surface area contributed by atoms with E-state index in [0.717, 1.165) is 40.8 Å². The average molecular weight is 352 g/mol. The van der Waals surface area contributed by atoms with Crippen molar-refractivity contribution in [2.75, 3.05) is 11.9 Å². The van der Waals surface area contributed by atoms with Crippen molar-refractivity contribution in [2.45, 2.75) is 33.1 Å². The number of nitrogens with one attached hydrogen (secondary N) is 1. The lowest BCUT2D eigenvalue weighted by molar-refractivity contribution is 0.779. The minimum Gasteiger partial charge on any atom is -0.370 e. The summed E-state index contributed by atoms with van der Waals surface area (Å²) in [5.41, 5.74) is 7.10. The van der Waals surface area contributed by atoms with Gasteiger partial charge in [-0.05, 0) is 62.4 Å². The van der Waals surface area contributed by atoms with Gasteiger partial charge in [-0.15, -0.1) is 0 Å². The molecule has 3 nitrogen and oxygen atoms in total. The van der Waals surface area contributed by atoms with Gasteiger partial charge in [0.25, 0.3) is 0 Å². The fourth-order valence-corrected chi connectivity index (χ4v) is 3.59. The monoisotopic (exact) mass is 351 g/mol. The van der Waals surface area contributed by atoms with Crippen LogP contribution >= 0.6 is 11.6 Å². The Balaban J connectivity index is 1.93. The standard InChI is InChI=1S/C21H22ClN3/c1-14-6-7-15(2)19(13-14)25-21-18(5-3-4-12-23-21)20(24-25)16-8-10-17(22)11-9-16/h6-11,13,23H,3-5,12H2,1-2H3. The van der Waals surface area contributed by atoms with Gasteiger partial charge in [-0.1, -0.05) is 35.9 Å². The molecule has 4 heteroatoms. The molecule has 0 radical (unpaired) electrons. The van der Waals surface area contributed by atoms with Gasteiger partial charge in [0.2, 0.25) is 0 Å². The second kappa shape index (κ2) is 6.57. The summed E-state index contributed by atoms with van der Waals surface area (Å²) in [6.45, 7) is 5.25. The van der Waals surface area contributed by atoms with Gasteiger partial charge in [-0.2, -0.15) is 5.10 Å². The number of rotatable bonds is 2. The van der Waals surface area contributed by atoms with Crippen molar-refractivity contribution in [2.24, 2.45) is 0 Å². The van der Waals surface area contributed by atoms with E-state index in [9.17, 15) is 0 Å². The molecule has 0 unspecified atom stereocenters. The van der Waals surface area contributed by atoms with Gasteiger partial charge >= 0.3 is 0 Å². The molecule has 1 aliphatic rings.